The average Bonchev–Trinajstić information content (AvgIpc) is 3.51. The first-order valence-corrected chi connectivity index (χ1v) is 14.8. The van der Waals surface area contributed by atoms with Gasteiger partial charge < -0.3 is 14.1 Å². The van der Waals surface area contributed by atoms with E-state index < -0.39 is 5.97 Å². The molecule has 42 heavy (non-hydrogen) atoms. The molecule has 3 aromatic heterocycles. The van der Waals surface area contributed by atoms with Crippen molar-refractivity contribution in [1.29, 1.82) is 0 Å². The lowest BCUT2D eigenvalue weighted by molar-refractivity contribution is 0.0700. The van der Waals surface area contributed by atoms with Crippen LogP contribution >= 0.6 is 0 Å². The largest absolute Gasteiger partial charge is 0.478 e. The van der Waals surface area contributed by atoms with Crippen LogP contribution in [0.1, 0.15) is 54.9 Å². The minimum Gasteiger partial charge on any atom is -0.478 e. The van der Waals surface area contributed by atoms with E-state index in [0.29, 0.717) is 35.3 Å². The van der Waals surface area contributed by atoms with Crippen LogP contribution in [-0.4, -0.2) is 48.6 Å². The number of carbonyl (C=O) groups is 1. The van der Waals surface area contributed by atoms with Gasteiger partial charge in [-0.05, 0) is 74.7 Å². The molecular weight excluding hydrogens is 520 g/mol. The number of nitrogens with zero attached hydrogens (tertiary/aromatic N) is 4. The van der Waals surface area contributed by atoms with Gasteiger partial charge in [0.25, 0.3) is 0 Å². The van der Waals surface area contributed by atoms with E-state index in [0.717, 1.165) is 35.2 Å². The van der Waals surface area contributed by atoms with Crippen molar-refractivity contribution in [1.82, 2.24) is 18.9 Å². The molecule has 0 aliphatic heterocycles. The summed E-state index contributed by atoms with van der Waals surface area (Å²) in [5.74, 6) is -0.947. The predicted molar refractivity (Wildman–Crippen MR) is 172 cm³/mol. The number of hydrogen-bond donors (Lipinski definition) is 1. The van der Waals surface area contributed by atoms with Gasteiger partial charge in [-0.15, -0.1) is 0 Å². The van der Waals surface area contributed by atoms with Crippen LogP contribution in [-0.2, 0) is 13.0 Å². The lowest BCUT2D eigenvalue weighted by Gasteiger charge is -2.30. The summed E-state index contributed by atoms with van der Waals surface area (Å²) in [5.41, 5.74) is 7.11. The number of benzene rings is 3. The molecule has 0 unspecified atom stereocenters. The van der Waals surface area contributed by atoms with Crippen molar-refractivity contribution in [3.8, 4) is 11.3 Å². The van der Waals surface area contributed by atoms with E-state index in [2.05, 4.69) is 72.9 Å². The van der Waals surface area contributed by atoms with Crippen LogP contribution < -0.4 is 0 Å². The number of aromatic nitrogens is 3. The fourth-order valence-corrected chi connectivity index (χ4v) is 6.60. The van der Waals surface area contributed by atoms with Gasteiger partial charge in [-0.2, -0.15) is 0 Å². The molecule has 0 atom stereocenters. The molecule has 214 valence electrons. The second-order valence-electron chi connectivity index (χ2n) is 11.8. The van der Waals surface area contributed by atoms with Gasteiger partial charge in [0.1, 0.15) is 5.65 Å². The number of carboxylic acid groups (broad SMARTS) is 1. The molecular formula is C36H38N4O2. The molecule has 0 bridgehead atoms. The molecule has 6 heteroatoms. The monoisotopic (exact) mass is 558 g/mol. The summed E-state index contributed by atoms with van der Waals surface area (Å²) in [6, 6.07) is 25.0. The Bertz CT molecular complexity index is 1920. The molecule has 3 aromatic carbocycles. The molecule has 6 rings (SSSR count). The van der Waals surface area contributed by atoms with Crippen LogP contribution in [0, 0.1) is 6.92 Å². The van der Waals surface area contributed by atoms with Crippen molar-refractivity contribution in [3.63, 3.8) is 0 Å². The first-order valence-electron chi connectivity index (χ1n) is 14.8. The molecule has 0 fully saturated rings. The molecule has 0 saturated carbocycles. The summed E-state index contributed by atoms with van der Waals surface area (Å²) < 4.78 is 4.49. The average molecular weight is 559 g/mol. The normalized spacial score (nSPS) is 12.1. The zero-order valence-corrected chi connectivity index (χ0v) is 25.0. The van der Waals surface area contributed by atoms with Gasteiger partial charge in [-0.3, -0.25) is 4.90 Å². The Balaban J connectivity index is 1.51. The van der Waals surface area contributed by atoms with Gasteiger partial charge in [-0.1, -0.05) is 54.6 Å². The van der Waals surface area contributed by atoms with E-state index in [1.807, 2.05) is 60.8 Å². The van der Waals surface area contributed by atoms with E-state index in [-0.39, 0.29) is 0 Å². The van der Waals surface area contributed by atoms with Crippen LogP contribution in [0.5, 0.6) is 0 Å². The minimum absolute atomic E-state index is 0.291. The maximum Gasteiger partial charge on any atom is 0.337 e. The minimum atomic E-state index is -0.947. The number of hydrogen-bond acceptors (Lipinski definition) is 3. The number of aromatic carboxylic acids is 1. The quantitative estimate of drug-likeness (QED) is 0.196. The fraction of sp³-hybridized carbons (Fsp3) is 0.278. The molecule has 0 saturated heterocycles. The highest BCUT2D eigenvalue weighted by Gasteiger charge is 2.24. The van der Waals surface area contributed by atoms with E-state index >= 15 is 0 Å². The standard InChI is InChI=1S/C36H38N4O2/c1-23(2)39(24(3)4)20-19-38-22-27(33-25(5)11-10-14-30(33)38)21-31-35(37-32-15-8-9-18-40(31)32)29-17-16-26-12-6-7-13-28(26)34(29)36(41)42/h6-18,22-24H,19-21H2,1-5H3,(H,41,42). The van der Waals surface area contributed by atoms with Crippen molar-refractivity contribution >= 4 is 33.3 Å². The maximum absolute atomic E-state index is 12.7. The second-order valence-corrected chi connectivity index (χ2v) is 11.8. The third-order valence-electron chi connectivity index (χ3n) is 8.50. The van der Waals surface area contributed by atoms with E-state index in [4.69, 9.17) is 4.98 Å². The van der Waals surface area contributed by atoms with Crippen molar-refractivity contribution in [2.75, 3.05) is 6.54 Å². The van der Waals surface area contributed by atoms with E-state index in [1.165, 1.54) is 22.0 Å². The van der Waals surface area contributed by atoms with Crippen LogP contribution in [0.2, 0.25) is 0 Å². The Morgan fingerprint density at radius 3 is 2.45 bits per heavy atom. The van der Waals surface area contributed by atoms with Crippen molar-refractivity contribution in [2.45, 2.75) is 59.7 Å². The highest BCUT2D eigenvalue weighted by Crippen LogP contribution is 2.35. The summed E-state index contributed by atoms with van der Waals surface area (Å²) in [7, 11) is 0. The first-order chi connectivity index (χ1) is 20.2. The van der Waals surface area contributed by atoms with Crippen LogP contribution in [0.3, 0.4) is 0 Å². The van der Waals surface area contributed by atoms with Gasteiger partial charge in [0.15, 0.2) is 0 Å². The molecule has 6 nitrogen and oxygen atoms in total. The Hall–Kier alpha value is -4.42. The number of pyridine rings is 1. The SMILES string of the molecule is Cc1cccc2c1c(Cc1c(-c3ccc4ccccc4c3C(=O)O)nc3ccccn13)cn2CCN(C(C)C)C(C)C. The number of imidazole rings is 1. The Labute approximate surface area is 246 Å². The molecule has 0 radical (unpaired) electrons. The van der Waals surface area contributed by atoms with Crippen LogP contribution in [0.4, 0.5) is 0 Å². The molecule has 0 amide bonds. The topological polar surface area (TPSA) is 62.8 Å². The maximum atomic E-state index is 12.7. The third kappa shape index (κ3) is 4.86. The summed E-state index contributed by atoms with van der Waals surface area (Å²) in [4.78, 5) is 20.2. The molecule has 0 spiro atoms. The highest BCUT2D eigenvalue weighted by molar-refractivity contribution is 6.09. The Morgan fingerprint density at radius 2 is 1.69 bits per heavy atom. The Morgan fingerprint density at radius 1 is 0.929 bits per heavy atom. The summed E-state index contributed by atoms with van der Waals surface area (Å²) >= 11 is 0. The molecule has 0 aliphatic rings. The number of carboxylic acids is 1. The predicted octanol–water partition coefficient (Wildman–Crippen LogP) is 7.83. The smallest absolute Gasteiger partial charge is 0.337 e. The Kier molecular flexibility index (Phi) is 7.33. The zero-order chi connectivity index (χ0) is 29.5. The van der Waals surface area contributed by atoms with Crippen molar-refractivity contribution < 1.29 is 9.90 Å². The van der Waals surface area contributed by atoms with Crippen LogP contribution in [0.25, 0.3) is 38.6 Å². The van der Waals surface area contributed by atoms with Gasteiger partial charge >= 0.3 is 5.97 Å². The van der Waals surface area contributed by atoms with E-state index in [1.54, 1.807) is 0 Å². The number of fused-ring (bicyclic) bond motifs is 3. The molecule has 3 heterocycles. The van der Waals surface area contributed by atoms with Crippen LogP contribution in [0.15, 0.2) is 85.2 Å². The van der Waals surface area contributed by atoms with Gasteiger partial charge in [0.2, 0.25) is 0 Å². The number of rotatable bonds is 9. The highest BCUT2D eigenvalue weighted by atomic mass is 16.4. The van der Waals surface area contributed by atoms with Gasteiger partial charge in [0.05, 0.1) is 17.0 Å². The number of aryl methyl sites for hydroxylation is 1. The summed E-state index contributed by atoms with van der Waals surface area (Å²) in [5, 5.41) is 13.3. The lowest BCUT2D eigenvalue weighted by Crippen LogP contribution is -2.39. The van der Waals surface area contributed by atoms with Gasteiger partial charge in [0, 0.05) is 60.5 Å². The zero-order valence-electron chi connectivity index (χ0n) is 25.0. The lowest BCUT2D eigenvalue weighted by atomic mass is 9.94. The third-order valence-corrected chi connectivity index (χ3v) is 8.50. The van der Waals surface area contributed by atoms with Crippen molar-refractivity contribution in [2.24, 2.45) is 0 Å². The molecule has 6 aromatic rings. The van der Waals surface area contributed by atoms with Crippen molar-refractivity contribution in [3.05, 3.63) is 108 Å². The van der Waals surface area contributed by atoms with Gasteiger partial charge in [-0.25, -0.2) is 9.78 Å². The first kappa shape index (κ1) is 27.7. The molecule has 0 aliphatic carbocycles. The second kappa shape index (κ2) is 11.1. The fourth-order valence-electron chi connectivity index (χ4n) is 6.60. The summed E-state index contributed by atoms with van der Waals surface area (Å²) in [6.07, 6.45) is 4.94. The summed E-state index contributed by atoms with van der Waals surface area (Å²) in [6.45, 7) is 13.1. The van der Waals surface area contributed by atoms with E-state index in [9.17, 15) is 9.90 Å². The molecule has 1 N–H and O–H groups in total.